The first kappa shape index (κ1) is 16.5. The Kier molecular flexibility index (Phi) is 5.00. The fourth-order valence-corrected chi connectivity index (χ4v) is 2.24. The average Bonchev–Trinajstić information content (AvgIpc) is 2.47. The summed E-state index contributed by atoms with van der Waals surface area (Å²) in [6.07, 6.45) is 0.406. The second-order valence-corrected chi connectivity index (χ2v) is 5.40. The quantitative estimate of drug-likeness (QED) is 0.488. The number of nitrogens with zero attached hydrogens (tertiary/aromatic N) is 2. The molecule has 0 spiro atoms. The van der Waals surface area contributed by atoms with E-state index in [-0.39, 0.29) is 29.1 Å². The first-order valence-electron chi connectivity index (χ1n) is 7.21. The molecule has 7 nitrogen and oxygen atoms in total. The lowest BCUT2D eigenvalue weighted by Crippen LogP contribution is -2.31. The molecule has 0 radical (unpaired) electrons. The topological polar surface area (TPSA) is 100.0 Å². The number of benzene rings is 1. The monoisotopic (exact) mass is 314 g/mol. The lowest BCUT2D eigenvalue weighted by atomic mass is 9.94. The lowest BCUT2D eigenvalue weighted by molar-refractivity contribution is -0.122. The van der Waals surface area contributed by atoms with Crippen LogP contribution in [0.25, 0.3) is 0 Å². The maximum Gasteiger partial charge on any atom is 0.240 e. The number of ketones is 2. The predicted molar refractivity (Wildman–Crippen MR) is 87.3 cm³/mol. The largest absolute Gasteiger partial charge is 0.293 e. The average molecular weight is 314 g/mol. The zero-order valence-corrected chi connectivity index (χ0v) is 13.2. The molecule has 1 amide bonds. The van der Waals surface area contributed by atoms with Crippen LogP contribution in [0.15, 0.2) is 34.5 Å². The van der Waals surface area contributed by atoms with E-state index in [2.05, 4.69) is 21.1 Å². The molecule has 0 saturated heterocycles. The third-order valence-electron chi connectivity index (χ3n) is 3.40. The second kappa shape index (κ2) is 6.95. The van der Waals surface area contributed by atoms with Crippen LogP contribution in [0.1, 0.15) is 32.8 Å². The highest BCUT2D eigenvalue weighted by molar-refractivity contribution is 6.65. The minimum atomic E-state index is -0.386. The Morgan fingerprint density at radius 2 is 1.83 bits per heavy atom. The van der Waals surface area contributed by atoms with E-state index in [9.17, 15) is 14.4 Å². The Hall–Kier alpha value is -2.83. The van der Waals surface area contributed by atoms with E-state index in [0.29, 0.717) is 12.1 Å². The fraction of sp³-hybridized carbons (Fsp3) is 0.312. The van der Waals surface area contributed by atoms with Crippen LogP contribution in [0.3, 0.4) is 0 Å². The van der Waals surface area contributed by atoms with E-state index in [1.807, 2.05) is 19.1 Å². The first-order valence-corrected chi connectivity index (χ1v) is 7.21. The van der Waals surface area contributed by atoms with Crippen LogP contribution in [0.4, 0.5) is 5.69 Å². The Morgan fingerprint density at radius 1 is 1.22 bits per heavy atom. The van der Waals surface area contributed by atoms with Gasteiger partial charge in [-0.05, 0) is 17.7 Å². The summed E-state index contributed by atoms with van der Waals surface area (Å²) in [5.41, 5.74) is 7.39. The Labute approximate surface area is 133 Å². The highest BCUT2D eigenvalue weighted by Crippen LogP contribution is 2.18. The van der Waals surface area contributed by atoms with Crippen molar-refractivity contribution >= 4 is 34.6 Å². The molecule has 2 N–H and O–H groups in total. The van der Waals surface area contributed by atoms with Gasteiger partial charge in [-0.15, -0.1) is 0 Å². The predicted octanol–water partition coefficient (Wildman–Crippen LogP) is 1.49. The molecule has 1 heterocycles. The molecule has 1 aliphatic rings. The molecule has 1 atom stereocenters. The standard InChI is InChI=1S/C16H18N4O3/c1-9-8-14(23)18-19-15(9)12-4-6-13(7-5-12)17-20-16(10(2)21)11(3)22/h4-7,9,17H,8H2,1-3H3,(H,18,23). The SMILES string of the molecule is CC(=O)C(=NNc1ccc(C2=NNC(=O)CC2C)cc1)C(C)=O. The van der Waals surface area contributed by atoms with Crippen molar-refractivity contribution in [3.05, 3.63) is 29.8 Å². The number of nitrogens with one attached hydrogen (secondary N) is 2. The Bertz CT molecular complexity index is 689. The van der Waals surface area contributed by atoms with Crippen molar-refractivity contribution in [3.63, 3.8) is 0 Å². The summed E-state index contributed by atoms with van der Waals surface area (Å²) in [6.45, 7) is 4.53. The van der Waals surface area contributed by atoms with Crippen LogP contribution in [-0.2, 0) is 14.4 Å². The van der Waals surface area contributed by atoms with Gasteiger partial charge in [-0.1, -0.05) is 19.1 Å². The van der Waals surface area contributed by atoms with Gasteiger partial charge in [0.25, 0.3) is 0 Å². The van der Waals surface area contributed by atoms with Gasteiger partial charge in [-0.3, -0.25) is 19.8 Å². The number of hydrogen-bond acceptors (Lipinski definition) is 6. The summed E-state index contributed by atoms with van der Waals surface area (Å²) in [4.78, 5) is 33.8. The number of carbonyl (C=O) groups is 3. The summed E-state index contributed by atoms with van der Waals surface area (Å²) in [7, 11) is 0. The molecule has 1 aromatic carbocycles. The maximum absolute atomic E-state index is 11.3. The summed E-state index contributed by atoms with van der Waals surface area (Å²) >= 11 is 0. The number of anilines is 1. The number of amides is 1. The van der Waals surface area contributed by atoms with Gasteiger partial charge < -0.3 is 0 Å². The van der Waals surface area contributed by atoms with E-state index in [1.165, 1.54) is 13.8 Å². The zero-order valence-electron chi connectivity index (χ0n) is 13.2. The molecular weight excluding hydrogens is 296 g/mol. The van der Waals surface area contributed by atoms with Crippen molar-refractivity contribution in [2.45, 2.75) is 27.2 Å². The van der Waals surface area contributed by atoms with E-state index in [0.717, 1.165) is 11.3 Å². The molecule has 23 heavy (non-hydrogen) atoms. The molecular formula is C16H18N4O3. The van der Waals surface area contributed by atoms with Crippen LogP contribution in [0.2, 0.25) is 0 Å². The maximum atomic E-state index is 11.3. The second-order valence-electron chi connectivity index (χ2n) is 5.40. The van der Waals surface area contributed by atoms with Gasteiger partial charge in [0.15, 0.2) is 17.3 Å². The van der Waals surface area contributed by atoms with E-state index in [1.54, 1.807) is 12.1 Å². The van der Waals surface area contributed by atoms with Crippen molar-refractivity contribution in [3.8, 4) is 0 Å². The van der Waals surface area contributed by atoms with Crippen molar-refractivity contribution in [2.24, 2.45) is 16.1 Å². The minimum Gasteiger partial charge on any atom is -0.293 e. The molecule has 0 aliphatic carbocycles. The molecule has 1 unspecified atom stereocenters. The smallest absolute Gasteiger partial charge is 0.240 e. The van der Waals surface area contributed by atoms with Crippen LogP contribution >= 0.6 is 0 Å². The molecule has 0 saturated carbocycles. The fourth-order valence-electron chi connectivity index (χ4n) is 2.24. The third kappa shape index (κ3) is 4.09. The number of hydrogen-bond donors (Lipinski definition) is 2. The molecule has 0 bridgehead atoms. The first-order chi connectivity index (χ1) is 10.9. The third-order valence-corrected chi connectivity index (χ3v) is 3.40. The van der Waals surface area contributed by atoms with Gasteiger partial charge in [0, 0.05) is 26.2 Å². The van der Waals surface area contributed by atoms with Crippen molar-refractivity contribution in [1.29, 1.82) is 0 Å². The Morgan fingerprint density at radius 3 is 2.35 bits per heavy atom. The Balaban J connectivity index is 2.14. The molecule has 0 fully saturated rings. The van der Waals surface area contributed by atoms with Crippen LogP contribution < -0.4 is 10.9 Å². The summed E-state index contributed by atoms with van der Waals surface area (Å²) in [6, 6.07) is 7.21. The number of carbonyl (C=O) groups excluding carboxylic acids is 3. The van der Waals surface area contributed by atoms with Gasteiger partial charge in [0.05, 0.1) is 11.4 Å². The van der Waals surface area contributed by atoms with Crippen molar-refractivity contribution < 1.29 is 14.4 Å². The molecule has 0 aromatic heterocycles. The molecule has 1 aromatic rings. The van der Waals surface area contributed by atoms with Crippen molar-refractivity contribution in [2.75, 3.05) is 5.43 Å². The zero-order chi connectivity index (χ0) is 17.0. The number of hydrazone groups is 2. The summed E-state index contributed by atoms with van der Waals surface area (Å²) < 4.78 is 0. The number of rotatable bonds is 5. The minimum absolute atomic E-state index is 0.0441. The summed E-state index contributed by atoms with van der Waals surface area (Å²) in [5.74, 6) is -0.817. The van der Waals surface area contributed by atoms with E-state index >= 15 is 0 Å². The molecule has 7 heteroatoms. The summed E-state index contributed by atoms with van der Waals surface area (Å²) in [5, 5.41) is 7.93. The molecule has 2 rings (SSSR count). The van der Waals surface area contributed by atoms with Crippen LogP contribution in [-0.4, -0.2) is 28.9 Å². The number of Topliss-reactive ketones (excluding diaryl/α,β-unsaturated/α-hetero) is 2. The van der Waals surface area contributed by atoms with Gasteiger partial charge in [-0.25, -0.2) is 5.43 Å². The van der Waals surface area contributed by atoms with Crippen molar-refractivity contribution in [1.82, 2.24) is 5.43 Å². The normalized spacial score (nSPS) is 16.9. The van der Waals surface area contributed by atoms with Gasteiger partial charge >= 0.3 is 0 Å². The lowest BCUT2D eigenvalue weighted by Gasteiger charge is -2.19. The highest BCUT2D eigenvalue weighted by atomic mass is 16.2. The van der Waals surface area contributed by atoms with E-state index in [4.69, 9.17) is 0 Å². The molecule has 120 valence electrons. The van der Waals surface area contributed by atoms with Gasteiger partial charge in [0.2, 0.25) is 5.91 Å². The van der Waals surface area contributed by atoms with Crippen LogP contribution in [0, 0.1) is 5.92 Å². The van der Waals surface area contributed by atoms with Crippen LogP contribution in [0.5, 0.6) is 0 Å². The van der Waals surface area contributed by atoms with Gasteiger partial charge in [-0.2, -0.15) is 10.2 Å². The molecule has 1 aliphatic heterocycles. The highest BCUT2D eigenvalue weighted by Gasteiger charge is 2.21. The van der Waals surface area contributed by atoms with Gasteiger partial charge in [0.1, 0.15) is 0 Å². The van der Waals surface area contributed by atoms with E-state index < -0.39 is 0 Å².